The highest BCUT2D eigenvalue weighted by Gasteiger charge is 2.37. The summed E-state index contributed by atoms with van der Waals surface area (Å²) >= 11 is 0. The van der Waals surface area contributed by atoms with Gasteiger partial charge in [-0.15, -0.1) is 0 Å². The van der Waals surface area contributed by atoms with E-state index >= 15 is 30.7 Å². The number of rotatable bonds is 3. The van der Waals surface area contributed by atoms with Gasteiger partial charge >= 0.3 is 6.18 Å². The minimum atomic E-state index is -5.01. The fourth-order valence-corrected chi connectivity index (χ4v) is 7.61. The maximum Gasteiger partial charge on any atom is 0.416 e. The molecule has 0 bridgehead atoms. The second kappa shape index (κ2) is 12.2. The molecule has 0 saturated heterocycles. The average Bonchev–Trinajstić information content (AvgIpc) is 3.64. The van der Waals surface area contributed by atoms with Gasteiger partial charge in [0.15, 0.2) is 23.3 Å². The van der Waals surface area contributed by atoms with Crippen LogP contribution < -0.4 is 0 Å². The van der Waals surface area contributed by atoms with Crippen LogP contribution in [-0.2, 0) is 17.0 Å². The van der Waals surface area contributed by atoms with E-state index in [4.69, 9.17) is 0 Å². The Hall–Kier alpha value is -5.64. The molecule has 2 aromatic heterocycles. The molecule has 8 aromatic rings. The van der Waals surface area contributed by atoms with E-state index in [1.165, 1.54) is 9.13 Å². The Kier molecular flexibility index (Phi) is 8.05. The van der Waals surface area contributed by atoms with Gasteiger partial charge in [-0.2, -0.15) is 13.2 Å². The third kappa shape index (κ3) is 5.59. The second-order valence-corrected chi connectivity index (χ2v) is 16.0. The largest absolute Gasteiger partial charge is 0.416 e. The monoisotopic (exact) mass is 754 g/mol. The van der Waals surface area contributed by atoms with Gasteiger partial charge in [-0.05, 0) is 70.5 Å². The van der Waals surface area contributed by atoms with Gasteiger partial charge in [-0.1, -0.05) is 90.1 Å². The van der Waals surface area contributed by atoms with Crippen molar-refractivity contribution in [2.75, 3.05) is 0 Å². The third-order valence-electron chi connectivity index (χ3n) is 10.4. The molecular formula is C45H34F8N2. The molecule has 0 saturated carbocycles. The fraction of sp³-hybridized carbons (Fsp3) is 0.200. The lowest BCUT2D eigenvalue weighted by Crippen LogP contribution is -2.14. The number of halogens is 8. The maximum atomic E-state index is 16.3. The van der Waals surface area contributed by atoms with E-state index in [9.17, 15) is 4.39 Å². The number of hydrogen-bond acceptors (Lipinski definition) is 0. The second-order valence-electron chi connectivity index (χ2n) is 16.0. The minimum absolute atomic E-state index is 0.329. The molecule has 0 aliphatic carbocycles. The third-order valence-corrected chi connectivity index (χ3v) is 10.4. The molecule has 2 heterocycles. The van der Waals surface area contributed by atoms with Crippen LogP contribution in [0.1, 0.15) is 58.2 Å². The van der Waals surface area contributed by atoms with Crippen molar-refractivity contribution in [3.8, 4) is 22.5 Å². The van der Waals surface area contributed by atoms with Crippen molar-refractivity contribution < 1.29 is 35.1 Å². The minimum Gasteiger partial charge on any atom is -0.309 e. The lowest BCUT2D eigenvalue weighted by molar-refractivity contribution is -0.137. The lowest BCUT2D eigenvalue weighted by atomic mass is 9.86. The van der Waals surface area contributed by atoms with Gasteiger partial charge in [0.25, 0.3) is 0 Å². The number of para-hydroxylation sites is 2. The summed E-state index contributed by atoms with van der Waals surface area (Å²) in [7, 11) is 0. The van der Waals surface area contributed by atoms with Crippen molar-refractivity contribution in [3.63, 3.8) is 0 Å². The summed E-state index contributed by atoms with van der Waals surface area (Å²) < 4.78 is 126. The Morgan fingerprint density at radius 2 is 0.745 bits per heavy atom. The van der Waals surface area contributed by atoms with Crippen molar-refractivity contribution in [1.82, 2.24) is 9.13 Å². The normalized spacial score (nSPS) is 12.9. The van der Waals surface area contributed by atoms with Crippen LogP contribution in [0.2, 0.25) is 0 Å². The van der Waals surface area contributed by atoms with Crippen LogP contribution in [0.5, 0.6) is 0 Å². The molecule has 0 fully saturated rings. The van der Waals surface area contributed by atoms with Crippen LogP contribution in [0.25, 0.3) is 66.1 Å². The van der Waals surface area contributed by atoms with Crippen LogP contribution >= 0.6 is 0 Å². The number of nitrogens with zero attached hydrogens (tertiary/aromatic N) is 2. The highest BCUT2D eigenvalue weighted by atomic mass is 19.4. The number of benzene rings is 6. The lowest BCUT2D eigenvalue weighted by Gasteiger charge is -2.24. The van der Waals surface area contributed by atoms with E-state index in [1.807, 2.05) is 65.8 Å². The Labute approximate surface area is 311 Å². The SMILES string of the molecule is CC(C)(C)c1ccc2c(c1)c1ccccc1n2-c1cc(C(F)(F)F)cc(-n2c3ccccc3c3cc(C(C)(C)C)ccc32)c1-c1c(F)c(F)c(F)c(F)c1F. The van der Waals surface area contributed by atoms with Crippen molar-refractivity contribution >= 4 is 43.6 Å². The quantitative estimate of drug-likeness (QED) is 0.0966. The fourth-order valence-electron chi connectivity index (χ4n) is 7.61. The zero-order valence-electron chi connectivity index (χ0n) is 30.7. The Morgan fingerprint density at radius 1 is 0.382 bits per heavy atom. The molecule has 55 heavy (non-hydrogen) atoms. The van der Waals surface area contributed by atoms with Gasteiger partial charge in [0.05, 0.1) is 44.6 Å². The number of hydrogen-bond donors (Lipinski definition) is 0. The molecule has 0 amide bonds. The van der Waals surface area contributed by atoms with Gasteiger partial charge in [0.1, 0.15) is 0 Å². The zero-order valence-corrected chi connectivity index (χ0v) is 30.7. The van der Waals surface area contributed by atoms with E-state index in [-0.39, 0.29) is 10.8 Å². The predicted octanol–water partition coefficient (Wildman–Crippen LogP) is 13.9. The first kappa shape index (κ1) is 36.3. The number of aromatic nitrogens is 2. The van der Waals surface area contributed by atoms with Crippen molar-refractivity contribution in [2.45, 2.75) is 58.5 Å². The van der Waals surface area contributed by atoms with E-state index < -0.39 is 63.3 Å². The number of fused-ring (bicyclic) bond motifs is 6. The number of alkyl halides is 3. The Morgan fingerprint density at radius 3 is 1.13 bits per heavy atom. The summed E-state index contributed by atoms with van der Waals surface area (Å²) in [5.41, 5.74) is -1.43. The van der Waals surface area contributed by atoms with Gasteiger partial charge < -0.3 is 9.13 Å². The maximum absolute atomic E-state index is 16.3. The van der Waals surface area contributed by atoms with Gasteiger partial charge in [0, 0.05) is 27.1 Å². The predicted molar refractivity (Wildman–Crippen MR) is 203 cm³/mol. The summed E-state index contributed by atoms with van der Waals surface area (Å²) in [6.07, 6.45) is -5.01. The molecule has 0 spiro atoms. The smallest absolute Gasteiger partial charge is 0.309 e. The Bertz CT molecular complexity index is 2700. The molecule has 0 unspecified atom stereocenters. The first-order chi connectivity index (χ1) is 25.8. The van der Waals surface area contributed by atoms with Gasteiger partial charge in [0.2, 0.25) is 5.82 Å². The van der Waals surface area contributed by atoms with Crippen LogP contribution in [0, 0.1) is 29.1 Å². The molecule has 0 aliphatic heterocycles. The van der Waals surface area contributed by atoms with E-state index in [1.54, 1.807) is 60.7 Å². The standard InChI is InChI=1S/C45H34F8N2/c1-43(2,3)23-15-17-32-28(19-23)26-11-7-9-13-30(26)54(32)34-21-25(45(51,52)53)22-35(36(34)37-38(46)40(48)42(50)41(49)39(37)47)55-31-14-10-8-12-27(31)29-20-24(44(4,5)6)16-18-33(29)55/h7-22H,1-6H3. The molecule has 0 radical (unpaired) electrons. The average molecular weight is 755 g/mol. The molecule has 2 nitrogen and oxygen atoms in total. The van der Waals surface area contributed by atoms with E-state index in [2.05, 4.69) is 0 Å². The zero-order chi connectivity index (χ0) is 39.5. The topological polar surface area (TPSA) is 9.86 Å². The van der Waals surface area contributed by atoms with E-state index in [0.717, 1.165) is 11.1 Å². The molecule has 280 valence electrons. The molecule has 0 atom stereocenters. The summed E-state index contributed by atoms with van der Waals surface area (Å²) in [6, 6.07) is 25.9. The summed E-state index contributed by atoms with van der Waals surface area (Å²) in [6.45, 7) is 12.0. The van der Waals surface area contributed by atoms with Crippen molar-refractivity contribution in [1.29, 1.82) is 0 Å². The molecule has 0 aliphatic rings. The van der Waals surface area contributed by atoms with Gasteiger partial charge in [-0.25, -0.2) is 22.0 Å². The molecule has 10 heteroatoms. The summed E-state index contributed by atoms with van der Waals surface area (Å²) in [4.78, 5) is 0. The van der Waals surface area contributed by atoms with E-state index in [0.29, 0.717) is 55.7 Å². The van der Waals surface area contributed by atoms with Crippen LogP contribution in [0.4, 0.5) is 35.1 Å². The summed E-state index contributed by atoms with van der Waals surface area (Å²) in [5.74, 6) is -11.2. The van der Waals surface area contributed by atoms with Crippen molar-refractivity contribution in [3.05, 3.63) is 143 Å². The molecule has 8 rings (SSSR count). The molecule has 0 N–H and O–H groups in total. The first-order valence-electron chi connectivity index (χ1n) is 17.6. The first-order valence-corrected chi connectivity index (χ1v) is 17.6. The molecular weight excluding hydrogens is 720 g/mol. The Balaban J connectivity index is 1.65. The summed E-state index contributed by atoms with van der Waals surface area (Å²) in [5, 5.41) is 2.46. The van der Waals surface area contributed by atoms with Crippen LogP contribution in [-0.4, -0.2) is 9.13 Å². The highest BCUT2D eigenvalue weighted by Crippen LogP contribution is 2.47. The van der Waals surface area contributed by atoms with Crippen molar-refractivity contribution in [2.24, 2.45) is 0 Å². The highest BCUT2D eigenvalue weighted by molar-refractivity contribution is 6.12. The van der Waals surface area contributed by atoms with Crippen LogP contribution in [0.15, 0.2) is 97.1 Å². The van der Waals surface area contributed by atoms with Gasteiger partial charge in [-0.3, -0.25) is 0 Å². The van der Waals surface area contributed by atoms with Crippen LogP contribution in [0.3, 0.4) is 0 Å². The molecule has 6 aromatic carbocycles.